The lowest BCUT2D eigenvalue weighted by atomic mass is 9.97. The number of anilines is 1. The van der Waals surface area contributed by atoms with Gasteiger partial charge in [0, 0.05) is 30.3 Å². The van der Waals surface area contributed by atoms with E-state index < -0.39 is 5.41 Å². The lowest BCUT2D eigenvalue weighted by Gasteiger charge is -2.38. The molecule has 1 aliphatic heterocycles. The number of esters is 1. The number of rotatable bonds is 3. The second-order valence-electron chi connectivity index (χ2n) is 6.38. The average Bonchev–Trinajstić information content (AvgIpc) is 2.45. The molecule has 4 nitrogen and oxygen atoms in total. The van der Waals surface area contributed by atoms with Crippen molar-refractivity contribution in [2.75, 3.05) is 31.1 Å². The van der Waals surface area contributed by atoms with Gasteiger partial charge < -0.3 is 15.0 Å². The summed E-state index contributed by atoms with van der Waals surface area (Å²) in [7, 11) is 0. The van der Waals surface area contributed by atoms with Crippen LogP contribution in [0.15, 0.2) is 24.3 Å². The van der Waals surface area contributed by atoms with Crippen LogP contribution in [0.2, 0.25) is 5.02 Å². The highest BCUT2D eigenvalue weighted by molar-refractivity contribution is 6.30. The zero-order valence-electron chi connectivity index (χ0n) is 12.9. The summed E-state index contributed by atoms with van der Waals surface area (Å²) in [6.45, 7) is 8.61. The first-order chi connectivity index (χ1) is 9.88. The molecule has 0 aliphatic carbocycles. The minimum Gasteiger partial charge on any atom is -0.463 e. The third-order valence-electron chi connectivity index (χ3n) is 3.53. The molecule has 1 fully saturated rings. The molecular weight excluding hydrogens is 288 g/mol. The Balaban J connectivity index is 2.02. The fourth-order valence-corrected chi connectivity index (χ4v) is 2.40. The van der Waals surface area contributed by atoms with Crippen molar-refractivity contribution in [1.82, 2.24) is 5.32 Å². The number of nitrogens with one attached hydrogen (secondary N) is 1. The number of hydrogen-bond acceptors (Lipinski definition) is 4. The Kier molecular flexibility index (Phi) is 5.12. The predicted octanol–water partition coefficient (Wildman–Crippen LogP) is 2.71. The van der Waals surface area contributed by atoms with E-state index in [-0.39, 0.29) is 12.0 Å². The number of ether oxygens (including phenoxy) is 1. The second-order valence-corrected chi connectivity index (χ2v) is 6.81. The van der Waals surface area contributed by atoms with E-state index >= 15 is 0 Å². The number of piperazine rings is 1. The van der Waals surface area contributed by atoms with E-state index in [0.717, 1.165) is 30.3 Å². The molecule has 0 aromatic heterocycles. The van der Waals surface area contributed by atoms with Gasteiger partial charge in [-0.15, -0.1) is 0 Å². The highest BCUT2D eigenvalue weighted by Gasteiger charge is 2.27. The van der Waals surface area contributed by atoms with Crippen molar-refractivity contribution in [2.45, 2.75) is 26.8 Å². The molecule has 2 rings (SSSR count). The Morgan fingerprint density at radius 1 is 1.38 bits per heavy atom. The molecule has 0 amide bonds. The molecule has 1 aromatic carbocycles. The first kappa shape index (κ1) is 16.1. The van der Waals surface area contributed by atoms with Gasteiger partial charge in [-0.05, 0) is 45.0 Å². The van der Waals surface area contributed by atoms with Crippen LogP contribution in [0.4, 0.5) is 5.69 Å². The zero-order valence-corrected chi connectivity index (χ0v) is 13.6. The summed E-state index contributed by atoms with van der Waals surface area (Å²) >= 11 is 5.94. The van der Waals surface area contributed by atoms with Gasteiger partial charge in [0.05, 0.1) is 11.5 Å². The van der Waals surface area contributed by atoms with Crippen LogP contribution in [0.5, 0.6) is 0 Å². The van der Waals surface area contributed by atoms with Crippen LogP contribution in [0.3, 0.4) is 0 Å². The van der Waals surface area contributed by atoms with Crippen molar-refractivity contribution in [1.29, 1.82) is 0 Å². The van der Waals surface area contributed by atoms with Gasteiger partial charge in [-0.1, -0.05) is 11.6 Å². The summed E-state index contributed by atoms with van der Waals surface area (Å²) in [5.41, 5.74) is 0.644. The summed E-state index contributed by atoms with van der Waals surface area (Å²) in [6, 6.07) is 7.93. The van der Waals surface area contributed by atoms with Crippen molar-refractivity contribution < 1.29 is 9.53 Å². The van der Waals surface area contributed by atoms with Gasteiger partial charge in [-0.3, -0.25) is 4.79 Å². The van der Waals surface area contributed by atoms with E-state index in [9.17, 15) is 4.79 Å². The Morgan fingerprint density at radius 3 is 2.67 bits per heavy atom. The molecule has 5 heteroatoms. The molecule has 1 aliphatic rings. The third kappa shape index (κ3) is 4.35. The maximum Gasteiger partial charge on any atom is 0.311 e. The van der Waals surface area contributed by atoms with Gasteiger partial charge in [-0.2, -0.15) is 0 Å². The molecule has 1 saturated heterocycles. The quantitative estimate of drug-likeness (QED) is 0.872. The fourth-order valence-electron chi connectivity index (χ4n) is 2.27. The standard InChI is InChI=1S/C16H23ClN2O2/c1-16(2,3)15(20)21-11-14-10-18-8-9-19(14)13-6-4-12(17)5-7-13/h4-7,14,18H,8-11H2,1-3H3. The van der Waals surface area contributed by atoms with Crippen LogP contribution in [0.1, 0.15) is 20.8 Å². The molecule has 1 heterocycles. The molecule has 116 valence electrons. The number of carbonyl (C=O) groups excluding carboxylic acids is 1. The summed E-state index contributed by atoms with van der Waals surface area (Å²) in [5.74, 6) is -0.163. The highest BCUT2D eigenvalue weighted by atomic mass is 35.5. The number of halogens is 1. The zero-order chi connectivity index (χ0) is 15.5. The maximum absolute atomic E-state index is 11.9. The van der Waals surface area contributed by atoms with Crippen molar-refractivity contribution in [3.8, 4) is 0 Å². The smallest absolute Gasteiger partial charge is 0.311 e. The average molecular weight is 311 g/mol. The molecule has 0 spiro atoms. The summed E-state index contributed by atoms with van der Waals surface area (Å²) < 4.78 is 5.47. The van der Waals surface area contributed by atoms with Gasteiger partial charge in [-0.25, -0.2) is 0 Å². The van der Waals surface area contributed by atoms with Crippen LogP contribution >= 0.6 is 11.6 Å². The lowest BCUT2D eigenvalue weighted by Crippen LogP contribution is -2.54. The van der Waals surface area contributed by atoms with Crippen molar-refractivity contribution >= 4 is 23.3 Å². The number of benzene rings is 1. The second kappa shape index (κ2) is 6.67. The molecule has 0 bridgehead atoms. The maximum atomic E-state index is 11.9. The lowest BCUT2D eigenvalue weighted by molar-refractivity contribution is -0.153. The molecule has 1 aromatic rings. The van der Waals surface area contributed by atoms with E-state index in [4.69, 9.17) is 16.3 Å². The van der Waals surface area contributed by atoms with Crippen LogP contribution in [-0.2, 0) is 9.53 Å². The van der Waals surface area contributed by atoms with E-state index in [1.807, 2.05) is 45.0 Å². The molecule has 0 radical (unpaired) electrons. The molecule has 21 heavy (non-hydrogen) atoms. The summed E-state index contributed by atoms with van der Waals surface area (Å²) in [4.78, 5) is 14.2. The van der Waals surface area contributed by atoms with Gasteiger partial charge >= 0.3 is 5.97 Å². The SMILES string of the molecule is CC(C)(C)C(=O)OCC1CNCCN1c1ccc(Cl)cc1. The summed E-state index contributed by atoms with van der Waals surface area (Å²) in [5, 5.41) is 4.08. The highest BCUT2D eigenvalue weighted by Crippen LogP contribution is 2.22. The molecular formula is C16H23ClN2O2. The minimum atomic E-state index is -0.465. The number of nitrogens with zero attached hydrogens (tertiary/aromatic N) is 1. The van der Waals surface area contributed by atoms with Crippen LogP contribution in [-0.4, -0.2) is 38.3 Å². The van der Waals surface area contributed by atoms with E-state index in [1.54, 1.807) is 0 Å². The molecule has 0 saturated carbocycles. The normalized spacial score (nSPS) is 19.4. The van der Waals surface area contributed by atoms with E-state index in [2.05, 4.69) is 10.2 Å². The molecule has 1 unspecified atom stereocenters. The van der Waals surface area contributed by atoms with Gasteiger partial charge in [0.25, 0.3) is 0 Å². The van der Waals surface area contributed by atoms with Gasteiger partial charge in [0.2, 0.25) is 0 Å². The molecule has 1 atom stereocenters. The Hall–Kier alpha value is -1.26. The number of hydrogen-bond donors (Lipinski definition) is 1. The van der Waals surface area contributed by atoms with Crippen molar-refractivity contribution in [2.24, 2.45) is 5.41 Å². The van der Waals surface area contributed by atoms with Crippen molar-refractivity contribution in [3.05, 3.63) is 29.3 Å². The first-order valence-electron chi connectivity index (χ1n) is 7.28. The Morgan fingerprint density at radius 2 is 2.05 bits per heavy atom. The van der Waals surface area contributed by atoms with E-state index in [1.165, 1.54) is 0 Å². The Bertz CT molecular complexity index is 482. The topological polar surface area (TPSA) is 41.6 Å². The summed E-state index contributed by atoms with van der Waals surface area (Å²) in [6.07, 6.45) is 0. The first-order valence-corrected chi connectivity index (χ1v) is 7.66. The van der Waals surface area contributed by atoms with Crippen LogP contribution in [0.25, 0.3) is 0 Å². The third-order valence-corrected chi connectivity index (χ3v) is 3.78. The minimum absolute atomic E-state index is 0.145. The van der Waals surface area contributed by atoms with Crippen LogP contribution < -0.4 is 10.2 Å². The van der Waals surface area contributed by atoms with Crippen molar-refractivity contribution in [3.63, 3.8) is 0 Å². The van der Waals surface area contributed by atoms with Crippen LogP contribution in [0, 0.1) is 5.41 Å². The largest absolute Gasteiger partial charge is 0.463 e. The van der Waals surface area contributed by atoms with E-state index in [0.29, 0.717) is 6.61 Å². The monoisotopic (exact) mass is 310 g/mol. The fraction of sp³-hybridized carbons (Fsp3) is 0.562. The van der Waals surface area contributed by atoms with Gasteiger partial charge in [0.15, 0.2) is 0 Å². The number of carbonyl (C=O) groups is 1. The predicted molar refractivity (Wildman–Crippen MR) is 85.9 cm³/mol. The molecule has 1 N–H and O–H groups in total. The van der Waals surface area contributed by atoms with Gasteiger partial charge in [0.1, 0.15) is 6.61 Å². The Labute approximate surface area is 131 Å².